The van der Waals surface area contributed by atoms with Crippen molar-refractivity contribution < 1.29 is 14.7 Å². The van der Waals surface area contributed by atoms with Crippen molar-refractivity contribution in [3.8, 4) is 10.4 Å². The molecular weight excluding hydrogens is 441 g/mol. The van der Waals surface area contributed by atoms with Crippen LogP contribution in [0.2, 0.25) is 10.0 Å². The molecule has 3 rings (SSSR count). The number of thiophene rings is 1. The molecule has 0 radical (unpaired) electrons. The molecule has 1 amide bonds. The van der Waals surface area contributed by atoms with Gasteiger partial charge in [-0.05, 0) is 35.7 Å². The van der Waals surface area contributed by atoms with Gasteiger partial charge in [0.15, 0.2) is 0 Å². The minimum atomic E-state index is -1.07. The largest absolute Gasteiger partial charge is 0.477 e. The molecule has 4 nitrogen and oxygen atoms in total. The maximum absolute atomic E-state index is 13.2. The van der Waals surface area contributed by atoms with Crippen LogP contribution in [0.5, 0.6) is 0 Å². The van der Waals surface area contributed by atoms with Gasteiger partial charge in [-0.2, -0.15) is 0 Å². The second-order valence-corrected chi connectivity index (χ2v) is 8.41. The third kappa shape index (κ3) is 5.11. The number of carbonyl (C=O) groups excluding carboxylic acids is 1. The first kappa shape index (κ1) is 22.1. The van der Waals surface area contributed by atoms with Gasteiger partial charge in [0.05, 0.1) is 22.2 Å². The molecule has 154 valence electrons. The lowest BCUT2D eigenvalue weighted by Gasteiger charge is -2.22. The Kier molecular flexibility index (Phi) is 7.32. The van der Waals surface area contributed by atoms with Crippen LogP contribution in [0, 0.1) is 0 Å². The van der Waals surface area contributed by atoms with Crippen molar-refractivity contribution in [3.63, 3.8) is 0 Å². The lowest BCUT2D eigenvalue weighted by molar-refractivity contribution is -0.118. The Bertz CT molecular complexity index is 1080. The van der Waals surface area contributed by atoms with E-state index in [2.05, 4.69) is 6.58 Å². The molecule has 0 saturated carbocycles. The fourth-order valence-corrected chi connectivity index (χ4v) is 4.33. The van der Waals surface area contributed by atoms with Crippen molar-refractivity contribution in [1.29, 1.82) is 0 Å². The highest BCUT2D eigenvalue weighted by molar-refractivity contribution is 7.18. The van der Waals surface area contributed by atoms with Crippen molar-refractivity contribution in [2.24, 2.45) is 0 Å². The first-order chi connectivity index (χ1) is 14.4. The van der Waals surface area contributed by atoms with Gasteiger partial charge in [0.1, 0.15) is 4.88 Å². The van der Waals surface area contributed by atoms with E-state index in [0.717, 1.165) is 21.8 Å². The average Bonchev–Trinajstić information content (AvgIpc) is 3.17. The fraction of sp³-hybridized carbons (Fsp3) is 0.130. The molecule has 0 bridgehead atoms. The number of hydrogen-bond acceptors (Lipinski definition) is 3. The number of anilines is 1. The maximum Gasteiger partial charge on any atom is 0.348 e. The zero-order valence-corrected chi connectivity index (χ0v) is 18.3. The number of benzene rings is 2. The summed E-state index contributed by atoms with van der Waals surface area (Å²) in [6, 6.07) is 16.3. The van der Waals surface area contributed by atoms with E-state index in [0.29, 0.717) is 34.3 Å². The third-order valence-electron chi connectivity index (χ3n) is 4.45. The number of carbonyl (C=O) groups is 2. The molecule has 7 heteroatoms. The highest BCUT2D eigenvalue weighted by Gasteiger charge is 2.25. The molecule has 1 aromatic heterocycles. The van der Waals surface area contributed by atoms with Crippen LogP contribution < -0.4 is 4.90 Å². The molecule has 0 aliphatic rings. The minimum Gasteiger partial charge on any atom is -0.477 e. The number of amides is 1. The van der Waals surface area contributed by atoms with Gasteiger partial charge in [-0.3, -0.25) is 4.79 Å². The molecular formula is C23H19Cl2NO3S. The van der Waals surface area contributed by atoms with Crippen molar-refractivity contribution in [2.45, 2.75) is 12.8 Å². The topological polar surface area (TPSA) is 57.6 Å². The molecule has 0 aliphatic carbocycles. The first-order valence-electron chi connectivity index (χ1n) is 9.18. The Morgan fingerprint density at radius 3 is 2.43 bits per heavy atom. The summed E-state index contributed by atoms with van der Waals surface area (Å²) < 4.78 is 0. The number of rotatable bonds is 8. The Hall–Kier alpha value is -2.60. The summed E-state index contributed by atoms with van der Waals surface area (Å²) in [6.07, 6.45) is 2.30. The molecule has 0 aliphatic heterocycles. The van der Waals surface area contributed by atoms with Crippen LogP contribution in [0.25, 0.3) is 10.4 Å². The van der Waals surface area contributed by atoms with Crippen LogP contribution in [-0.2, 0) is 11.2 Å². The molecule has 0 saturated heterocycles. The van der Waals surface area contributed by atoms with E-state index in [9.17, 15) is 14.7 Å². The number of carboxylic acids is 1. The van der Waals surface area contributed by atoms with Gasteiger partial charge < -0.3 is 10.0 Å². The van der Waals surface area contributed by atoms with Gasteiger partial charge in [0, 0.05) is 11.4 Å². The van der Waals surface area contributed by atoms with Gasteiger partial charge in [-0.1, -0.05) is 65.7 Å². The predicted octanol–water partition coefficient (Wildman–Crippen LogP) is 6.57. The summed E-state index contributed by atoms with van der Waals surface area (Å²) in [5, 5.41) is 10.5. The van der Waals surface area contributed by atoms with Gasteiger partial charge >= 0.3 is 5.97 Å². The molecule has 30 heavy (non-hydrogen) atoms. The summed E-state index contributed by atoms with van der Waals surface area (Å²) in [5.74, 6) is -1.29. The number of hydrogen-bond donors (Lipinski definition) is 1. The lowest BCUT2D eigenvalue weighted by Crippen LogP contribution is -2.33. The maximum atomic E-state index is 13.2. The Labute approximate surface area is 189 Å². The van der Waals surface area contributed by atoms with E-state index in [1.807, 2.05) is 30.3 Å². The Morgan fingerprint density at radius 1 is 1.07 bits per heavy atom. The molecule has 0 atom stereocenters. The molecule has 0 spiro atoms. The minimum absolute atomic E-state index is 0.0730. The molecule has 3 aromatic rings. The second-order valence-electron chi connectivity index (χ2n) is 6.54. The second kappa shape index (κ2) is 9.94. The van der Waals surface area contributed by atoms with E-state index in [1.54, 1.807) is 30.3 Å². The summed E-state index contributed by atoms with van der Waals surface area (Å²) in [5.41, 5.74) is 1.99. The Balaban J connectivity index is 1.98. The van der Waals surface area contributed by atoms with Crippen molar-refractivity contribution in [2.75, 3.05) is 11.4 Å². The van der Waals surface area contributed by atoms with E-state index in [-0.39, 0.29) is 17.2 Å². The van der Waals surface area contributed by atoms with Crippen LogP contribution >= 0.6 is 34.5 Å². The number of halogens is 2. The van der Waals surface area contributed by atoms with Crippen molar-refractivity contribution >= 4 is 52.1 Å². The molecule has 0 fully saturated rings. The SMILES string of the molecule is C=CCCN(C(=O)Cc1ccc(Cl)c(Cl)c1)c1cc(-c2ccccc2)sc1C(=O)O. The molecule has 1 heterocycles. The lowest BCUT2D eigenvalue weighted by atomic mass is 10.1. The fourth-order valence-electron chi connectivity index (χ4n) is 3.00. The Morgan fingerprint density at radius 2 is 1.80 bits per heavy atom. The summed E-state index contributed by atoms with van der Waals surface area (Å²) in [7, 11) is 0. The van der Waals surface area contributed by atoms with Crippen LogP contribution in [0.4, 0.5) is 5.69 Å². The third-order valence-corrected chi connectivity index (χ3v) is 6.35. The normalized spacial score (nSPS) is 10.6. The summed E-state index contributed by atoms with van der Waals surface area (Å²) in [4.78, 5) is 27.5. The smallest absolute Gasteiger partial charge is 0.348 e. The standard InChI is InChI=1S/C23H19Cl2NO3S/c1-2-3-11-26(21(27)13-15-9-10-17(24)18(25)12-15)19-14-20(30-22(19)23(28)29)16-7-5-4-6-8-16/h2,4-10,12,14H,1,3,11,13H2,(H,28,29). The highest BCUT2D eigenvalue weighted by Crippen LogP contribution is 2.37. The van der Waals surface area contributed by atoms with E-state index >= 15 is 0 Å². The monoisotopic (exact) mass is 459 g/mol. The summed E-state index contributed by atoms with van der Waals surface area (Å²) >= 11 is 13.2. The zero-order valence-electron chi connectivity index (χ0n) is 16.0. The van der Waals surface area contributed by atoms with Gasteiger partial charge in [0.2, 0.25) is 5.91 Å². The molecule has 0 unspecified atom stereocenters. The molecule has 1 N–H and O–H groups in total. The summed E-state index contributed by atoms with van der Waals surface area (Å²) in [6.45, 7) is 4.05. The predicted molar refractivity (Wildman–Crippen MR) is 124 cm³/mol. The first-order valence-corrected chi connectivity index (χ1v) is 10.8. The van der Waals surface area contributed by atoms with E-state index < -0.39 is 5.97 Å². The zero-order chi connectivity index (χ0) is 21.7. The van der Waals surface area contributed by atoms with Crippen LogP contribution in [0.15, 0.2) is 67.3 Å². The number of aromatic carboxylic acids is 1. The van der Waals surface area contributed by atoms with Crippen LogP contribution in [-0.4, -0.2) is 23.5 Å². The van der Waals surface area contributed by atoms with E-state index in [4.69, 9.17) is 23.2 Å². The van der Waals surface area contributed by atoms with E-state index in [1.165, 1.54) is 4.90 Å². The quantitative estimate of drug-likeness (QED) is 0.387. The van der Waals surface area contributed by atoms with Gasteiger partial charge in [-0.25, -0.2) is 4.79 Å². The van der Waals surface area contributed by atoms with Crippen LogP contribution in [0.3, 0.4) is 0 Å². The van der Waals surface area contributed by atoms with Crippen molar-refractivity contribution in [3.05, 3.63) is 87.7 Å². The number of carboxylic acid groups (broad SMARTS) is 1. The van der Waals surface area contributed by atoms with Crippen molar-refractivity contribution in [1.82, 2.24) is 0 Å². The van der Waals surface area contributed by atoms with Crippen LogP contribution in [0.1, 0.15) is 21.7 Å². The average molecular weight is 460 g/mol. The van der Waals surface area contributed by atoms with Gasteiger partial charge in [0.25, 0.3) is 0 Å². The van der Waals surface area contributed by atoms with Gasteiger partial charge in [-0.15, -0.1) is 17.9 Å². The molecule has 2 aromatic carbocycles. The highest BCUT2D eigenvalue weighted by atomic mass is 35.5. The number of nitrogens with zero attached hydrogens (tertiary/aromatic N) is 1.